The summed E-state index contributed by atoms with van der Waals surface area (Å²) in [6, 6.07) is 11.8. The predicted molar refractivity (Wildman–Crippen MR) is 107 cm³/mol. The molecule has 3 rings (SSSR count). The fraction of sp³-hybridized carbons (Fsp3) is 0.150. The molecule has 3 aromatic rings. The summed E-state index contributed by atoms with van der Waals surface area (Å²) < 4.78 is 62.1. The van der Waals surface area contributed by atoms with Gasteiger partial charge in [-0.2, -0.15) is 18.3 Å². The van der Waals surface area contributed by atoms with Crippen molar-refractivity contribution in [2.45, 2.75) is 24.3 Å². The summed E-state index contributed by atoms with van der Waals surface area (Å²) in [7, 11) is -5.50. The van der Waals surface area contributed by atoms with Crippen LogP contribution in [-0.2, 0) is 9.84 Å². The second kappa shape index (κ2) is 7.99. The molecule has 1 heterocycles. The van der Waals surface area contributed by atoms with E-state index in [1.807, 2.05) is 19.1 Å². The summed E-state index contributed by atoms with van der Waals surface area (Å²) in [6.45, 7) is 3.55. The number of hydrogen-bond donors (Lipinski definition) is 1. The lowest BCUT2D eigenvalue weighted by atomic mass is 10.2. The van der Waals surface area contributed by atoms with Crippen molar-refractivity contribution in [2.24, 2.45) is 0 Å². The molecular formula is C20H16F3N3O4S. The number of amides is 1. The van der Waals surface area contributed by atoms with E-state index in [1.54, 1.807) is 19.1 Å². The zero-order valence-electron chi connectivity index (χ0n) is 16.3. The summed E-state index contributed by atoms with van der Waals surface area (Å²) in [4.78, 5) is 23.8. The summed E-state index contributed by atoms with van der Waals surface area (Å²) in [5.41, 5.74) is -4.39. The molecule has 0 unspecified atom stereocenters. The smallest absolute Gasteiger partial charge is 0.320 e. The van der Waals surface area contributed by atoms with Gasteiger partial charge in [-0.05, 0) is 50.2 Å². The van der Waals surface area contributed by atoms with Crippen LogP contribution in [0.2, 0.25) is 0 Å². The third-order valence-corrected chi connectivity index (χ3v) is 5.83. The molecule has 1 N–H and O–H groups in total. The number of rotatable bonds is 4. The van der Waals surface area contributed by atoms with Crippen LogP contribution in [0.4, 0.5) is 18.9 Å². The number of aromatic nitrogens is 2. The molecule has 0 saturated heterocycles. The Kier molecular flexibility index (Phi) is 5.72. The minimum absolute atomic E-state index is 0.00483. The van der Waals surface area contributed by atoms with E-state index in [1.165, 1.54) is 10.7 Å². The van der Waals surface area contributed by atoms with Crippen LogP contribution in [0, 0.1) is 13.8 Å². The summed E-state index contributed by atoms with van der Waals surface area (Å²) in [5.74, 6) is -0.891. The number of halogens is 3. The van der Waals surface area contributed by atoms with Gasteiger partial charge in [-0.1, -0.05) is 17.7 Å². The SMILES string of the molecule is Cc1ccc(-n2nc(C(=O)Nc3ccc(S(=O)(=O)C(F)(F)F)cc3)c(=O)cc2C)cc1. The normalized spacial score (nSPS) is 11.9. The molecular weight excluding hydrogens is 435 g/mol. The summed E-state index contributed by atoms with van der Waals surface area (Å²) in [5, 5.41) is 6.44. The van der Waals surface area contributed by atoms with Crippen molar-refractivity contribution in [3.05, 3.63) is 81.8 Å². The number of hydrogen-bond acceptors (Lipinski definition) is 5. The van der Waals surface area contributed by atoms with Gasteiger partial charge in [0.05, 0.1) is 10.6 Å². The monoisotopic (exact) mass is 451 g/mol. The zero-order chi connectivity index (χ0) is 23.0. The van der Waals surface area contributed by atoms with Gasteiger partial charge in [0.1, 0.15) is 0 Å². The van der Waals surface area contributed by atoms with E-state index in [4.69, 9.17) is 0 Å². The lowest BCUT2D eigenvalue weighted by Gasteiger charge is -2.12. The topological polar surface area (TPSA) is 98.1 Å². The van der Waals surface area contributed by atoms with E-state index in [0.717, 1.165) is 17.7 Å². The maximum atomic E-state index is 12.6. The van der Waals surface area contributed by atoms with Gasteiger partial charge < -0.3 is 5.32 Å². The molecule has 0 saturated carbocycles. The molecule has 0 bridgehead atoms. The predicted octanol–water partition coefficient (Wildman–Crippen LogP) is 3.40. The molecule has 31 heavy (non-hydrogen) atoms. The Balaban J connectivity index is 1.89. The molecule has 11 heteroatoms. The molecule has 0 aliphatic rings. The van der Waals surface area contributed by atoms with Crippen molar-refractivity contribution in [3.63, 3.8) is 0 Å². The first-order valence-corrected chi connectivity index (χ1v) is 10.3. The molecule has 162 valence electrons. The molecule has 1 aromatic heterocycles. The standard InChI is InChI=1S/C20H16F3N3O4S/c1-12-3-7-15(8-4-12)26-13(2)11-17(27)18(25-26)19(28)24-14-5-9-16(10-6-14)31(29,30)20(21,22)23/h3-11H,1-2H3,(H,24,28). The third kappa shape index (κ3) is 4.50. The third-order valence-electron chi connectivity index (χ3n) is 4.33. The van der Waals surface area contributed by atoms with Gasteiger partial charge >= 0.3 is 5.51 Å². The van der Waals surface area contributed by atoms with E-state index in [9.17, 15) is 31.2 Å². The van der Waals surface area contributed by atoms with E-state index in [2.05, 4.69) is 10.4 Å². The van der Waals surface area contributed by atoms with Crippen LogP contribution >= 0.6 is 0 Å². The highest BCUT2D eigenvalue weighted by atomic mass is 32.2. The number of benzene rings is 2. The maximum absolute atomic E-state index is 12.6. The van der Waals surface area contributed by atoms with Crippen molar-refractivity contribution < 1.29 is 26.4 Å². The first kappa shape index (κ1) is 22.2. The highest BCUT2D eigenvalue weighted by molar-refractivity contribution is 7.92. The highest BCUT2D eigenvalue weighted by Crippen LogP contribution is 2.30. The number of carbonyl (C=O) groups is 1. The number of sulfone groups is 1. The first-order chi connectivity index (χ1) is 14.4. The van der Waals surface area contributed by atoms with Crippen LogP contribution in [-0.4, -0.2) is 29.6 Å². The fourth-order valence-electron chi connectivity index (χ4n) is 2.69. The quantitative estimate of drug-likeness (QED) is 0.656. The summed E-state index contributed by atoms with van der Waals surface area (Å²) in [6.07, 6.45) is 0. The molecule has 0 aliphatic heterocycles. The lowest BCUT2D eigenvalue weighted by Crippen LogP contribution is -2.27. The van der Waals surface area contributed by atoms with Crippen LogP contribution in [0.15, 0.2) is 64.3 Å². The van der Waals surface area contributed by atoms with E-state index in [-0.39, 0.29) is 5.69 Å². The molecule has 0 spiro atoms. The average molecular weight is 451 g/mol. The Hall–Kier alpha value is -3.47. The minimum Gasteiger partial charge on any atom is -0.320 e. The van der Waals surface area contributed by atoms with Gasteiger partial charge in [-0.3, -0.25) is 9.59 Å². The number of carbonyl (C=O) groups excluding carboxylic acids is 1. The average Bonchev–Trinajstić information content (AvgIpc) is 2.68. The van der Waals surface area contributed by atoms with Crippen LogP contribution in [0.1, 0.15) is 21.7 Å². The van der Waals surface area contributed by atoms with Crippen molar-refractivity contribution in [1.82, 2.24) is 9.78 Å². The Labute approximate surface area is 175 Å². The van der Waals surface area contributed by atoms with Crippen molar-refractivity contribution in [2.75, 3.05) is 5.32 Å². The molecule has 0 radical (unpaired) electrons. The number of aryl methyl sites for hydroxylation is 2. The summed E-state index contributed by atoms with van der Waals surface area (Å²) >= 11 is 0. The van der Waals surface area contributed by atoms with Gasteiger partial charge in [0.25, 0.3) is 15.7 Å². The molecule has 0 fully saturated rings. The fourth-order valence-corrected chi connectivity index (χ4v) is 3.46. The van der Waals surface area contributed by atoms with Gasteiger partial charge in [0, 0.05) is 17.4 Å². The number of nitrogens with one attached hydrogen (secondary N) is 1. The van der Waals surface area contributed by atoms with Crippen LogP contribution in [0.25, 0.3) is 5.69 Å². The second-order valence-corrected chi connectivity index (χ2v) is 8.61. The minimum atomic E-state index is -5.50. The van der Waals surface area contributed by atoms with Gasteiger partial charge in [-0.25, -0.2) is 13.1 Å². The molecule has 1 amide bonds. The maximum Gasteiger partial charge on any atom is 0.501 e. The Morgan fingerprint density at radius 2 is 1.58 bits per heavy atom. The molecule has 0 atom stereocenters. The van der Waals surface area contributed by atoms with Crippen molar-refractivity contribution in [1.29, 1.82) is 0 Å². The molecule has 2 aromatic carbocycles. The van der Waals surface area contributed by atoms with Crippen LogP contribution < -0.4 is 10.7 Å². The Morgan fingerprint density at radius 1 is 1.00 bits per heavy atom. The number of nitrogens with zero attached hydrogens (tertiary/aromatic N) is 2. The zero-order valence-corrected chi connectivity index (χ0v) is 17.1. The van der Waals surface area contributed by atoms with Crippen molar-refractivity contribution >= 4 is 21.4 Å². The Morgan fingerprint density at radius 3 is 2.13 bits per heavy atom. The molecule has 7 nitrogen and oxygen atoms in total. The Bertz CT molecular complexity index is 1300. The van der Waals surface area contributed by atoms with Crippen molar-refractivity contribution in [3.8, 4) is 5.69 Å². The molecule has 0 aliphatic carbocycles. The van der Waals surface area contributed by atoms with Crippen LogP contribution in [0.5, 0.6) is 0 Å². The lowest BCUT2D eigenvalue weighted by molar-refractivity contribution is -0.0436. The van der Waals surface area contributed by atoms with Crippen LogP contribution in [0.3, 0.4) is 0 Å². The number of anilines is 1. The van der Waals surface area contributed by atoms with Gasteiger partial charge in [0.15, 0.2) is 5.69 Å². The van der Waals surface area contributed by atoms with E-state index >= 15 is 0 Å². The number of alkyl halides is 3. The second-order valence-electron chi connectivity index (χ2n) is 6.67. The highest BCUT2D eigenvalue weighted by Gasteiger charge is 2.46. The first-order valence-electron chi connectivity index (χ1n) is 8.81. The van der Waals surface area contributed by atoms with E-state index < -0.39 is 37.3 Å². The van der Waals surface area contributed by atoms with E-state index in [0.29, 0.717) is 23.5 Å². The largest absolute Gasteiger partial charge is 0.501 e. The van der Waals surface area contributed by atoms with Gasteiger partial charge in [0.2, 0.25) is 5.43 Å². The van der Waals surface area contributed by atoms with Gasteiger partial charge in [-0.15, -0.1) is 0 Å².